The second kappa shape index (κ2) is 3.92. The lowest BCUT2D eigenvalue weighted by Crippen LogP contribution is -2.12. The average Bonchev–Trinajstić information content (AvgIpc) is 2.75. The van der Waals surface area contributed by atoms with Crippen LogP contribution >= 0.6 is 11.3 Å². The van der Waals surface area contributed by atoms with Gasteiger partial charge >= 0.3 is 0 Å². The molecule has 0 bridgehead atoms. The van der Waals surface area contributed by atoms with Crippen LogP contribution in [0.3, 0.4) is 0 Å². The summed E-state index contributed by atoms with van der Waals surface area (Å²) in [5, 5.41) is 2.69. The number of aromatic nitrogens is 3. The maximum atomic E-state index is 5.38. The molecule has 0 saturated carbocycles. The van der Waals surface area contributed by atoms with Crippen molar-refractivity contribution in [3.63, 3.8) is 0 Å². The molecule has 0 spiro atoms. The van der Waals surface area contributed by atoms with Crippen LogP contribution in [0.2, 0.25) is 0 Å². The Morgan fingerprint density at radius 3 is 2.73 bits per heavy atom. The Morgan fingerprint density at radius 1 is 1.33 bits per heavy atom. The van der Waals surface area contributed by atoms with Crippen molar-refractivity contribution in [2.24, 2.45) is 5.84 Å². The molecule has 2 rings (SSSR count). The topological polar surface area (TPSA) is 76.7 Å². The van der Waals surface area contributed by atoms with Gasteiger partial charge in [0.2, 0.25) is 0 Å². The van der Waals surface area contributed by atoms with E-state index < -0.39 is 0 Å². The van der Waals surface area contributed by atoms with Crippen molar-refractivity contribution in [1.29, 1.82) is 0 Å². The Balaban J connectivity index is 2.55. The zero-order chi connectivity index (χ0) is 10.8. The molecule has 6 heteroatoms. The first-order valence-corrected chi connectivity index (χ1v) is 5.32. The van der Waals surface area contributed by atoms with Crippen LogP contribution in [0, 0.1) is 13.8 Å². The number of nitrogens with one attached hydrogen (secondary N) is 1. The van der Waals surface area contributed by atoms with E-state index in [2.05, 4.69) is 20.4 Å². The van der Waals surface area contributed by atoms with Crippen LogP contribution < -0.4 is 11.3 Å². The molecule has 78 valence electrons. The predicted molar refractivity (Wildman–Crippen MR) is 60.4 cm³/mol. The van der Waals surface area contributed by atoms with Crippen LogP contribution in [-0.2, 0) is 0 Å². The van der Waals surface area contributed by atoms with Crippen molar-refractivity contribution in [3.8, 4) is 10.8 Å². The van der Waals surface area contributed by atoms with Gasteiger partial charge in [0, 0.05) is 22.8 Å². The summed E-state index contributed by atoms with van der Waals surface area (Å²) in [4.78, 5) is 12.8. The molecule has 0 fully saturated rings. The zero-order valence-corrected chi connectivity index (χ0v) is 9.30. The highest BCUT2D eigenvalue weighted by Gasteiger charge is 2.10. The first kappa shape index (κ1) is 10.0. The van der Waals surface area contributed by atoms with Crippen molar-refractivity contribution >= 4 is 17.2 Å². The molecule has 0 aliphatic heterocycles. The van der Waals surface area contributed by atoms with Gasteiger partial charge in [-0.25, -0.2) is 20.8 Å². The average molecular weight is 221 g/mol. The maximum Gasteiger partial charge on any atom is 0.190 e. The Hall–Kier alpha value is -1.53. The molecule has 2 heterocycles. The van der Waals surface area contributed by atoms with Crippen LogP contribution in [0.1, 0.15) is 11.3 Å². The minimum absolute atomic E-state index is 0.612. The lowest BCUT2D eigenvalue weighted by molar-refractivity contribution is 1.05. The molecule has 0 radical (unpaired) electrons. The van der Waals surface area contributed by atoms with Crippen molar-refractivity contribution in [1.82, 2.24) is 15.0 Å². The van der Waals surface area contributed by atoms with Crippen molar-refractivity contribution in [3.05, 3.63) is 22.8 Å². The second-order valence-corrected chi connectivity index (χ2v) is 3.98. The molecule has 2 aromatic rings. The van der Waals surface area contributed by atoms with Crippen molar-refractivity contribution in [2.75, 3.05) is 5.43 Å². The first-order valence-electron chi connectivity index (χ1n) is 4.44. The molecule has 0 amide bonds. The van der Waals surface area contributed by atoms with Crippen LogP contribution in [0.5, 0.6) is 0 Å². The minimum Gasteiger partial charge on any atom is -0.308 e. The third kappa shape index (κ3) is 1.81. The summed E-state index contributed by atoms with van der Waals surface area (Å²) >= 11 is 1.51. The number of anilines is 1. The van der Waals surface area contributed by atoms with Gasteiger partial charge in [0.25, 0.3) is 0 Å². The fraction of sp³-hybridized carbons (Fsp3) is 0.222. The molecule has 0 aliphatic rings. The fourth-order valence-corrected chi connectivity index (χ4v) is 1.77. The Morgan fingerprint density at radius 2 is 2.13 bits per heavy atom. The lowest BCUT2D eigenvalue weighted by Gasteiger charge is -2.07. The number of hydrogen-bond acceptors (Lipinski definition) is 6. The van der Waals surface area contributed by atoms with E-state index in [4.69, 9.17) is 5.84 Å². The SMILES string of the molecule is Cc1nc(-c2nccs2)nc(NN)c1C. The molecule has 0 saturated heterocycles. The number of thiazole rings is 1. The minimum atomic E-state index is 0.612. The van der Waals surface area contributed by atoms with Crippen LogP contribution in [-0.4, -0.2) is 15.0 Å². The summed E-state index contributed by atoms with van der Waals surface area (Å²) in [5.41, 5.74) is 4.43. The van der Waals surface area contributed by atoms with E-state index >= 15 is 0 Å². The molecule has 0 atom stereocenters. The number of aryl methyl sites for hydroxylation is 1. The number of hydrazine groups is 1. The Kier molecular flexibility index (Phi) is 2.61. The zero-order valence-electron chi connectivity index (χ0n) is 8.48. The van der Waals surface area contributed by atoms with Gasteiger partial charge in [0.05, 0.1) is 0 Å². The molecule has 0 unspecified atom stereocenters. The quantitative estimate of drug-likeness (QED) is 0.593. The van der Waals surface area contributed by atoms with Gasteiger partial charge in [-0.1, -0.05) is 0 Å². The van der Waals surface area contributed by atoms with E-state index in [9.17, 15) is 0 Å². The third-order valence-electron chi connectivity index (χ3n) is 2.15. The molecule has 0 aliphatic carbocycles. The van der Waals surface area contributed by atoms with Crippen molar-refractivity contribution in [2.45, 2.75) is 13.8 Å². The van der Waals surface area contributed by atoms with Gasteiger partial charge in [-0.15, -0.1) is 11.3 Å². The van der Waals surface area contributed by atoms with Crippen LogP contribution in [0.15, 0.2) is 11.6 Å². The summed E-state index contributed by atoms with van der Waals surface area (Å²) in [7, 11) is 0. The summed E-state index contributed by atoms with van der Waals surface area (Å²) in [6.07, 6.45) is 1.73. The van der Waals surface area contributed by atoms with Gasteiger partial charge in [0.15, 0.2) is 10.8 Å². The monoisotopic (exact) mass is 221 g/mol. The van der Waals surface area contributed by atoms with Gasteiger partial charge < -0.3 is 5.43 Å². The van der Waals surface area contributed by atoms with E-state index in [1.54, 1.807) is 6.20 Å². The van der Waals surface area contributed by atoms with Gasteiger partial charge in [-0.2, -0.15) is 0 Å². The highest BCUT2D eigenvalue weighted by Crippen LogP contribution is 2.22. The Bertz CT molecular complexity index is 466. The van der Waals surface area contributed by atoms with E-state index in [-0.39, 0.29) is 0 Å². The molecular weight excluding hydrogens is 210 g/mol. The van der Waals surface area contributed by atoms with E-state index in [1.165, 1.54) is 11.3 Å². The highest BCUT2D eigenvalue weighted by atomic mass is 32.1. The molecule has 5 nitrogen and oxygen atoms in total. The Labute approximate surface area is 91.4 Å². The molecule has 2 aromatic heterocycles. The number of hydrogen-bond donors (Lipinski definition) is 2. The highest BCUT2D eigenvalue weighted by molar-refractivity contribution is 7.13. The summed E-state index contributed by atoms with van der Waals surface area (Å²) in [6, 6.07) is 0. The summed E-state index contributed by atoms with van der Waals surface area (Å²) in [6.45, 7) is 3.85. The molecule has 0 aromatic carbocycles. The fourth-order valence-electron chi connectivity index (χ4n) is 1.20. The van der Waals surface area contributed by atoms with E-state index in [1.807, 2.05) is 19.2 Å². The maximum absolute atomic E-state index is 5.38. The number of nitrogens with two attached hydrogens (primary N) is 1. The predicted octanol–water partition coefficient (Wildman–Crippen LogP) is 1.50. The standard InChI is InChI=1S/C9H11N5S/c1-5-6(2)12-8(13-7(5)14-10)9-11-3-4-15-9/h3-4H,10H2,1-2H3,(H,12,13,14). The molecule has 3 N–H and O–H groups in total. The van der Waals surface area contributed by atoms with Gasteiger partial charge in [-0.05, 0) is 13.8 Å². The smallest absolute Gasteiger partial charge is 0.190 e. The largest absolute Gasteiger partial charge is 0.308 e. The third-order valence-corrected chi connectivity index (χ3v) is 2.92. The van der Waals surface area contributed by atoms with Crippen LogP contribution in [0.25, 0.3) is 10.8 Å². The van der Waals surface area contributed by atoms with Gasteiger partial charge in [-0.3, -0.25) is 0 Å². The van der Waals surface area contributed by atoms with Crippen LogP contribution in [0.4, 0.5) is 5.82 Å². The normalized spacial score (nSPS) is 10.3. The summed E-state index contributed by atoms with van der Waals surface area (Å²) in [5.74, 6) is 6.64. The summed E-state index contributed by atoms with van der Waals surface area (Å²) < 4.78 is 0. The first-order chi connectivity index (χ1) is 7.22. The number of nitrogen functional groups attached to an aromatic ring is 1. The van der Waals surface area contributed by atoms with Gasteiger partial charge in [0.1, 0.15) is 5.82 Å². The second-order valence-electron chi connectivity index (χ2n) is 3.09. The number of rotatable bonds is 2. The molecule has 15 heavy (non-hydrogen) atoms. The van der Waals surface area contributed by atoms with E-state index in [0.29, 0.717) is 11.6 Å². The number of nitrogens with zero attached hydrogens (tertiary/aromatic N) is 3. The van der Waals surface area contributed by atoms with Crippen molar-refractivity contribution < 1.29 is 0 Å². The lowest BCUT2D eigenvalue weighted by atomic mass is 10.2. The molecular formula is C9H11N5S. The van der Waals surface area contributed by atoms with E-state index in [0.717, 1.165) is 16.3 Å².